The maximum atomic E-state index is 12.8. The first-order chi connectivity index (χ1) is 11.8. The van der Waals surface area contributed by atoms with Gasteiger partial charge in [0.1, 0.15) is 18.2 Å². The van der Waals surface area contributed by atoms with Gasteiger partial charge in [-0.1, -0.05) is 18.2 Å². The Balaban J connectivity index is 1.37. The average Bonchev–Trinajstić information content (AvgIpc) is 2.68. The smallest absolute Gasteiger partial charge is 0.229 e. The predicted molar refractivity (Wildman–Crippen MR) is 90.0 cm³/mol. The number of para-hydroxylation sites is 1. The topological polar surface area (TPSA) is 58.6 Å². The van der Waals surface area contributed by atoms with E-state index >= 15 is 0 Å². The molecule has 0 radical (unpaired) electrons. The molecule has 1 aromatic carbocycles. The van der Waals surface area contributed by atoms with Crippen molar-refractivity contribution in [2.24, 2.45) is 5.92 Å². The molecule has 6 nitrogen and oxygen atoms in total. The number of amides is 1. The minimum Gasteiger partial charge on any atom is -0.492 e. The van der Waals surface area contributed by atoms with Crippen LogP contribution in [0.5, 0.6) is 5.75 Å². The molecule has 2 aliphatic heterocycles. The number of carbonyl (C=O) groups excluding carboxylic acids is 1. The van der Waals surface area contributed by atoms with Gasteiger partial charge in [-0.15, -0.1) is 0 Å². The van der Waals surface area contributed by atoms with Gasteiger partial charge < -0.3 is 14.5 Å². The van der Waals surface area contributed by atoms with E-state index in [1.807, 2.05) is 29.2 Å². The number of aromatic nitrogens is 2. The fraction of sp³-hybridized carbons (Fsp3) is 0.389. The lowest BCUT2D eigenvalue weighted by Crippen LogP contribution is -2.51. The second-order valence-electron chi connectivity index (χ2n) is 6.20. The van der Waals surface area contributed by atoms with E-state index in [9.17, 15) is 4.79 Å². The summed E-state index contributed by atoms with van der Waals surface area (Å²) in [7, 11) is 0. The van der Waals surface area contributed by atoms with E-state index in [2.05, 4.69) is 14.9 Å². The third-order valence-electron chi connectivity index (χ3n) is 4.69. The molecule has 0 N–H and O–H groups in total. The molecule has 124 valence electrons. The first-order valence-electron chi connectivity index (χ1n) is 8.32. The van der Waals surface area contributed by atoms with Crippen LogP contribution in [-0.4, -0.2) is 53.6 Å². The lowest BCUT2D eigenvalue weighted by Gasteiger charge is -2.37. The molecule has 0 unspecified atom stereocenters. The summed E-state index contributed by atoms with van der Waals surface area (Å²) in [6.07, 6.45) is 5.90. The molecule has 2 aromatic rings. The van der Waals surface area contributed by atoms with Gasteiger partial charge in [-0.25, -0.2) is 4.98 Å². The van der Waals surface area contributed by atoms with Crippen LogP contribution >= 0.6 is 0 Å². The highest BCUT2D eigenvalue weighted by atomic mass is 16.5. The van der Waals surface area contributed by atoms with Gasteiger partial charge >= 0.3 is 0 Å². The molecule has 1 fully saturated rings. The minimum absolute atomic E-state index is 0.0806. The summed E-state index contributed by atoms with van der Waals surface area (Å²) >= 11 is 0. The molecule has 2 aliphatic rings. The maximum absolute atomic E-state index is 12.8. The van der Waals surface area contributed by atoms with Gasteiger partial charge in [-0.2, -0.15) is 0 Å². The average molecular weight is 324 g/mol. The third kappa shape index (κ3) is 2.91. The van der Waals surface area contributed by atoms with Gasteiger partial charge in [0.15, 0.2) is 0 Å². The highest BCUT2D eigenvalue weighted by Gasteiger charge is 2.31. The van der Waals surface area contributed by atoms with Crippen molar-refractivity contribution in [2.75, 3.05) is 37.7 Å². The summed E-state index contributed by atoms with van der Waals surface area (Å²) in [6.45, 7) is 3.48. The monoisotopic (exact) mass is 324 g/mol. The number of hydrogen-bond acceptors (Lipinski definition) is 5. The lowest BCUT2D eigenvalue weighted by atomic mass is 9.95. The Labute approximate surface area is 141 Å². The zero-order chi connectivity index (χ0) is 16.4. The van der Waals surface area contributed by atoms with Crippen LogP contribution in [0.25, 0.3) is 0 Å². The van der Waals surface area contributed by atoms with E-state index in [4.69, 9.17) is 4.74 Å². The van der Waals surface area contributed by atoms with Gasteiger partial charge in [0, 0.05) is 38.6 Å². The van der Waals surface area contributed by atoms with Crippen molar-refractivity contribution in [3.05, 3.63) is 48.4 Å². The molecule has 3 heterocycles. The maximum Gasteiger partial charge on any atom is 0.229 e. The van der Waals surface area contributed by atoms with Gasteiger partial charge in [-0.3, -0.25) is 9.78 Å². The number of piperazine rings is 1. The molecule has 6 heteroatoms. The Morgan fingerprint density at radius 1 is 1.12 bits per heavy atom. The molecule has 1 amide bonds. The van der Waals surface area contributed by atoms with E-state index in [1.165, 1.54) is 0 Å². The minimum atomic E-state index is -0.0806. The van der Waals surface area contributed by atoms with Crippen molar-refractivity contribution >= 4 is 11.7 Å². The van der Waals surface area contributed by atoms with E-state index < -0.39 is 0 Å². The van der Waals surface area contributed by atoms with E-state index in [0.717, 1.165) is 36.6 Å². The lowest BCUT2D eigenvalue weighted by molar-refractivity contribution is -0.137. The van der Waals surface area contributed by atoms with Crippen LogP contribution in [0.4, 0.5) is 5.82 Å². The van der Waals surface area contributed by atoms with Crippen molar-refractivity contribution in [3.63, 3.8) is 0 Å². The molecule has 24 heavy (non-hydrogen) atoms. The van der Waals surface area contributed by atoms with Gasteiger partial charge in [0.2, 0.25) is 5.91 Å². The predicted octanol–water partition coefficient (Wildman–Crippen LogP) is 1.38. The highest BCUT2D eigenvalue weighted by Crippen LogP contribution is 2.28. The van der Waals surface area contributed by atoms with Crippen molar-refractivity contribution in [1.82, 2.24) is 14.9 Å². The highest BCUT2D eigenvalue weighted by molar-refractivity contribution is 5.80. The zero-order valence-electron chi connectivity index (χ0n) is 13.5. The molecule has 0 spiro atoms. The van der Waals surface area contributed by atoms with Crippen LogP contribution in [-0.2, 0) is 11.2 Å². The van der Waals surface area contributed by atoms with E-state index in [-0.39, 0.29) is 11.8 Å². The molecule has 1 aromatic heterocycles. The number of nitrogens with zero attached hydrogens (tertiary/aromatic N) is 4. The van der Waals surface area contributed by atoms with E-state index in [0.29, 0.717) is 19.7 Å². The Morgan fingerprint density at radius 2 is 1.96 bits per heavy atom. The Kier molecular flexibility index (Phi) is 4.02. The van der Waals surface area contributed by atoms with E-state index in [1.54, 1.807) is 18.6 Å². The summed E-state index contributed by atoms with van der Waals surface area (Å²) in [5.41, 5.74) is 1.13. The molecule has 0 bridgehead atoms. The van der Waals surface area contributed by atoms with Gasteiger partial charge in [0.25, 0.3) is 0 Å². The number of hydrogen-bond donors (Lipinski definition) is 0. The largest absolute Gasteiger partial charge is 0.492 e. The summed E-state index contributed by atoms with van der Waals surface area (Å²) in [5.74, 6) is 1.90. The molecule has 0 aliphatic carbocycles. The second kappa shape index (κ2) is 6.47. The van der Waals surface area contributed by atoms with Crippen LogP contribution in [0.15, 0.2) is 42.9 Å². The fourth-order valence-electron chi connectivity index (χ4n) is 3.36. The normalized spacial score (nSPS) is 20.2. The van der Waals surface area contributed by atoms with Crippen molar-refractivity contribution in [2.45, 2.75) is 6.42 Å². The van der Waals surface area contributed by atoms with Crippen molar-refractivity contribution in [1.29, 1.82) is 0 Å². The van der Waals surface area contributed by atoms with Crippen LogP contribution in [0.2, 0.25) is 0 Å². The fourth-order valence-corrected chi connectivity index (χ4v) is 3.36. The third-order valence-corrected chi connectivity index (χ3v) is 4.69. The molecule has 1 saturated heterocycles. The zero-order valence-corrected chi connectivity index (χ0v) is 13.5. The van der Waals surface area contributed by atoms with Crippen LogP contribution in [0.1, 0.15) is 5.56 Å². The number of carbonyl (C=O) groups is 1. The molecule has 4 rings (SSSR count). The number of anilines is 1. The number of benzene rings is 1. The summed E-state index contributed by atoms with van der Waals surface area (Å²) in [6, 6.07) is 7.97. The summed E-state index contributed by atoms with van der Waals surface area (Å²) in [4.78, 5) is 25.4. The number of rotatable bonds is 2. The van der Waals surface area contributed by atoms with Crippen LogP contribution in [0, 0.1) is 5.92 Å². The van der Waals surface area contributed by atoms with Crippen LogP contribution < -0.4 is 9.64 Å². The first-order valence-corrected chi connectivity index (χ1v) is 8.32. The Hall–Kier alpha value is -2.63. The number of ether oxygens (including phenoxy) is 1. The van der Waals surface area contributed by atoms with Crippen molar-refractivity contribution < 1.29 is 9.53 Å². The molecular formula is C18H20N4O2. The van der Waals surface area contributed by atoms with Crippen LogP contribution in [0.3, 0.4) is 0 Å². The van der Waals surface area contributed by atoms with Gasteiger partial charge in [0.05, 0.1) is 12.1 Å². The molecular weight excluding hydrogens is 304 g/mol. The molecule has 1 atom stereocenters. The standard InChI is InChI=1S/C18H20N4O2/c23-18(15-11-14-3-1-2-4-16(14)24-13-15)22-9-7-21(8-10-22)17-12-19-5-6-20-17/h1-6,12,15H,7-11,13H2/t15-/m0/s1. The Bertz CT molecular complexity index is 714. The first kappa shape index (κ1) is 14.9. The summed E-state index contributed by atoms with van der Waals surface area (Å²) in [5, 5.41) is 0. The van der Waals surface area contributed by atoms with Gasteiger partial charge in [-0.05, 0) is 18.1 Å². The second-order valence-corrected chi connectivity index (χ2v) is 6.20. The number of fused-ring (bicyclic) bond motifs is 1. The van der Waals surface area contributed by atoms with Crippen molar-refractivity contribution in [3.8, 4) is 5.75 Å². The Morgan fingerprint density at radius 3 is 2.75 bits per heavy atom. The summed E-state index contributed by atoms with van der Waals surface area (Å²) < 4.78 is 5.76. The quantitative estimate of drug-likeness (QED) is 0.835. The SMILES string of the molecule is O=C([C@@H]1COc2ccccc2C1)N1CCN(c2cnccn2)CC1. The molecule has 0 saturated carbocycles.